The second-order valence-electron chi connectivity index (χ2n) is 4.02. The summed E-state index contributed by atoms with van der Waals surface area (Å²) in [6.07, 6.45) is 2.64. The topological polar surface area (TPSA) is 55.1 Å². The lowest BCUT2D eigenvalue weighted by molar-refractivity contribution is 0.0379. The Labute approximate surface area is 100 Å². The summed E-state index contributed by atoms with van der Waals surface area (Å²) in [5.41, 5.74) is -1.08. The second kappa shape index (κ2) is 4.97. The Kier molecular flexibility index (Phi) is 4.10. The summed E-state index contributed by atoms with van der Waals surface area (Å²) < 4.78 is 1.55. The van der Waals surface area contributed by atoms with E-state index in [1.165, 1.54) is 13.1 Å². The van der Waals surface area contributed by atoms with Gasteiger partial charge < -0.3 is 5.11 Å². The number of ketones is 1. The zero-order valence-corrected chi connectivity index (χ0v) is 10.6. The molecule has 1 aromatic rings. The van der Waals surface area contributed by atoms with Gasteiger partial charge in [0.15, 0.2) is 0 Å². The molecule has 0 aliphatic carbocycles. The lowest BCUT2D eigenvalue weighted by Gasteiger charge is -2.20. The van der Waals surface area contributed by atoms with Crippen molar-refractivity contribution in [3.05, 3.63) is 16.9 Å². The molecule has 0 bridgehead atoms. The molecule has 0 saturated heterocycles. The largest absolute Gasteiger partial charge is 0.382 e. The van der Waals surface area contributed by atoms with E-state index in [1.807, 2.05) is 6.92 Å². The number of aliphatic hydroxyl groups is 1. The number of hydrogen-bond acceptors (Lipinski definition) is 3. The maximum Gasteiger partial charge on any atom is 0.213 e. The Bertz CT molecular complexity index is 385. The number of halogens is 1. The molecule has 1 unspecified atom stereocenters. The summed E-state index contributed by atoms with van der Waals surface area (Å²) in [4.78, 5) is 12.1. The lowest BCUT2D eigenvalue weighted by atomic mass is 9.95. The van der Waals surface area contributed by atoms with Crippen LogP contribution in [0.25, 0.3) is 0 Å². The van der Waals surface area contributed by atoms with Gasteiger partial charge in [-0.2, -0.15) is 5.10 Å². The Morgan fingerprint density at radius 1 is 1.62 bits per heavy atom. The van der Waals surface area contributed by atoms with E-state index < -0.39 is 5.60 Å². The van der Waals surface area contributed by atoms with Gasteiger partial charge in [-0.15, -0.1) is 0 Å². The summed E-state index contributed by atoms with van der Waals surface area (Å²) >= 11 is 5.92. The number of hydrogen-bond donors (Lipinski definition) is 1. The molecule has 1 aromatic heterocycles. The molecule has 5 heteroatoms. The van der Waals surface area contributed by atoms with Crippen LogP contribution in [0.15, 0.2) is 6.20 Å². The molecule has 90 valence electrons. The zero-order valence-electron chi connectivity index (χ0n) is 9.83. The van der Waals surface area contributed by atoms with Crippen molar-refractivity contribution in [3.63, 3.8) is 0 Å². The highest BCUT2D eigenvalue weighted by Crippen LogP contribution is 2.23. The third-order valence-electron chi connectivity index (χ3n) is 2.62. The number of carbonyl (C=O) groups is 1. The van der Waals surface area contributed by atoms with E-state index in [-0.39, 0.29) is 5.78 Å². The van der Waals surface area contributed by atoms with E-state index >= 15 is 0 Å². The van der Waals surface area contributed by atoms with Crippen molar-refractivity contribution in [2.45, 2.75) is 45.8 Å². The van der Waals surface area contributed by atoms with Crippen LogP contribution in [0.3, 0.4) is 0 Å². The molecule has 1 rings (SSSR count). The minimum Gasteiger partial charge on any atom is -0.382 e. The van der Waals surface area contributed by atoms with Gasteiger partial charge in [0.25, 0.3) is 0 Å². The first-order valence-electron chi connectivity index (χ1n) is 5.42. The van der Waals surface area contributed by atoms with Gasteiger partial charge in [-0.05, 0) is 19.8 Å². The molecular weight excluding hydrogens is 228 g/mol. The maximum atomic E-state index is 12.1. The number of nitrogens with zero attached hydrogens (tertiary/aromatic N) is 2. The summed E-state index contributed by atoms with van der Waals surface area (Å²) in [5.74, 6) is -0.369. The molecule has 0 aliphatic heterocycles. The SMILES string of the molecule is CCCn1ncc(Cl)c1C(=O)C(C)(O)CC. The number of carbonyl (C=O) groups excluding carboxylic acids is 1. The Hall–Kier alpha value is -0.870. The highest BCUT2D eigenvalue weighted by Gasteiger charge is 2.33. The Morgan fingerprint density at radius 2 is 2.25 bits per heavy atom. The van der Waals surface area contributed by atoms with Gasteiger partial charge in [0.2, 0.25) is 5.78 Å². The first-order chi connectivity index (χ1) is 7.44. The van der Waals surface area contributed by atoms with Crippen LogP contribution in [-0.4, -0.2) is 26.3 Å². The van der Waals surface area contributed by atoms with E-state index in [1.54, 1.807) is 11.6 Å². The smallest absolute Gasteiger partial charge is 0.213 e. The van der Waals surface area contributed by atoms with Gasteiger partial charge in [-0.3, -0.25) is 9.48 Å². The molecular formula is C11H17ClN2O2. The molecule has 1 heterocycles. The summed E-state index contributed by atoms with van der Waals surface area (Å²) in [5, 5.41) is 14.3. The third kappa shape index (κ3) is 2.44. The zero-order chi connectivity index (χ0) is 12.3. The predicted octanol–water partition coefficient (Wildman–Crippen LogP) is 2.29. The Morgan fingerprint density at radius 3 is 2.75 bits per heavy atom. The van der Waals surface area contributed by atoms with Crippen molar-refractivity contribution in [2.24, 2.45) is 0 Å². The molecule has 16 heavy (non-hydrogen) atoms. The van der Waals surface area contributed by atoms with Crippen molar-refractivity contribution in [2.75, 3.05) is 0 Å². The summed E-state index contributed by atoms with van der Waals surface area (Å²) in [7, 11) is 0. The van der Waals surface area contributed by atoms with E-state index in [2.05, 4.69) is 5.10 Å². The monoisotopic (exact) mass is 244 g/mol. The lowest BCUT2D eigenvalue weighted by Crippen LogP contribution is -2.36. The van der Waals surface area contributed by atoms with Gasteiger partial charge in [0, 0.05) is 6.54 Å². The fourth-order valence-corrected chi connectivity index (χ4v) is 1.61. The van der Waals surface area contributed by atoms with Crippen LogP contribution in [-0.2, 0) is 6.54 Å². The fraction of sp³-hybridized carbons (Fsp3) is 0.636. The molecule has 1 N–H and O–H groups in total. The predicted molar refractivity (Wildman–Crippen MR) is 62.8 cm³/mol. The van der Waals surface area contributed by atoms with Gasteiger partial charge >= 0.3 is 0 Å². The molecule has 0 radical (unpaired) electrons. The van der Waals surface area contributed by atoms with Crippen LogP contribution in [0.4, 0.5) is 0 Å². The van der Waals surface area contributed by atoms with E-state index in [4.69, 9.17) is 11.6 Å². The van der Waals surface area contributed by atoms with Crippen molar-refractivity contribution in [3.8, 4) is 0 Å². The normalized spacial score (nSPS) is 14.8. The van der Waals surface area contributed by atoms with Crippen molar-refractivity contribution in [1.82, 2.24) is 9.78 Å². The Balaban J connectivity index is 3.12. The average Bonchev–Trinajstić information content (AvgIpc) is 2.59. The quantitative estimate of drug-likeness (QED) is 0.809. The number of rotatable bonds is 5. The minimum absolute atomic E-state index is 0.298. The van der Waals surface area contributed by atoms with Gasteiger partial charge in [0.05, 0.1) is 11.2 Å². The molecule has 0 spiro atoms. The van der Waals surface area contributed by atoms with E-state index in [0.29, 0.717) is 23.7 Å². The average molecular weight is 245 g/mol. The van der Waals surface area contributed by atoms with Gasteiger partial charge in [-0.1, -0.05) is 25.4 Å². The number of aromatic nitrogens is 2. The standard InChI is InChI=1S/C11H17ClN2O2/c1-4-6-14-9(8(12)7-13-14)10(15)11(3,16)5-2/h7,16H,4-6H2,1-3H3. The second-order valence-corrected chi connectivity index (χ2v) is 4.43. The maximum absolute atomic E-state index is 12.1. The van der Waals surface area contributed by atoms with Crippen LogP contribution >= 0.6 is 11.6 Å². The van der Waals surface area contributed by atoms with Crippen LogP contribution in [0.5, 0.6) is 0 Å². The first kappa shape index (κ1) is 13.2. The molecule has 0 saturated carbocycles. The van der Waals surface area contributed by atoms with Crippen LogP contribution < -0.4 is 0 Å². The number of Topliss-reactive ketones (excluding diaryl/α,β-unsaturated/α-hetero) is 1. The van der Waals surface area contributed by atoms with Crippen molar-refractivity contribution >= 4 is 17.4 Å². The molecule has 0 aliphatic rings. The molecule has 4 nitrogen and oxygen atoms in total. The third-order valence-corrected chi connectivity index (χ3v) is 2.90. The van der Waals surface area contributed by atoms with E-state index in [9.17, 15) is 9.90 Å². The molecule has 0 amide bonds. The minimum atomic E-state index is -1.38. The van der Waals surface area contributed by atoms with Crippen molar-refractivity contribution in [1.29, 1.82) is 0 Å². The summed E-state index contributed by atoms with van der Waals surface area (Å²) in [6, 6.07) is 0. The number of aryl methyl sites for hydroxylation is 1. The highest BCUT2D eigenvalue weighted by atomic mass is 35.5. The van der Waals surface area contributed by atoms with Crippen molar-refractivity contribution < 1.29 is 9.90 Å². The molecule has 0 aromatic carbocycles. The fourth-order valence-electron chi connectivity index (χ4n) is 1.39. The van der Waals surface area contributed by atoms with Crippen LogP contribution in [0, 0.1) is 0 Å². The summed E-state index contributed by atoms with van der Waals surface area (Å²) in [6.45, 7) is 5.86. The molecule has 1 atom stereocenters. The van der Waals surface area contributed by atoms with E-state index in [0.717, 1.165) is 6.42 Å². The first-order valence-corrected chi connectivity index (χ1v) is 5.80. The van der Waals surface area contributed by atoms with Gasteiger partial charge in [0.1, 0.15) is 11.3 Å². The van der Waals surface area contributed by atoms with Gasteiger partial charge in [-0.25, -0.2) is 0 Å². The highest BCUT2D eigenvalue weighted by molar-refractivity contribution is 6.34. The van der Waals surface area contributed by atoms with Crippen LogP contribution in [0.1, 0.15) is 44.1 Å². The molecule has 0 fully saturated rings. The van der Waals surface area contributed by atoms with Crippen LogP contribution in [0.2, 0.25) is 5.02 Å².